The zero-order valence-corrected chi connectivity index (χ0v) is 10.8. The molecule has 1 aliphatic heterocycles. The molecule has 0 aromatic heterocycles. The smallest absolute Gasteiger partial charge is 0.123 e. The van der Waals surface area contributed by atoms with Crippen LogP contribution in [0.3, 0.4) is 0 Å². The first-order valence-corrected chi connectivity index (χ1v) is 6.21. The summed E-state index contributed by atoms with van der Waals surface area (Å²) >= 11 is 0. The van der Waals surface area contributed by atoms with Crippen molar-refractivity contribution in [1.82, 2.24) is 5.32 Å². The van der Waals surface area contributed by atoms with Crippen LogP contribution < -0.4 is 10.2 Å². The molecule has 1 aromatic carbocycles. The molecule has 0 saturated carbocycles. The predicted molar refractivity (Wildman–Crippen MR) is 69.9 cm³/mol. The first-order valence-electron chi connectivity index (χ1n) is 6.21. The van der Waals surface area contributed by atoms with Crippen molar-refractivity contribution in [3.05, 3.63) is 30.1 Å². The number of benzene rings is 1. The third-order valence-corrected chi connectivity index (χ3v) is 3.61. The first kappa shape index (κ1) is 12.4. The molecular formula is C14H21FN2. The summed E-state index contributed by atoms with van der Waals surface area (Å²) in [7, 11) is 2.10. The van der Waals surface area contributed by atoms with E-state index in [4.69, 9.17) is 0 Å². The van der Waals surface area contributed by atoms with Crippen molar-refractivity contribution in [3.8, 4) is 0 Å². The van der Waals surface area contributed by atoms with Crippen LogP contribution in [0.1, 0.15) is 26.7 Å². The van der Waals surface area contributed by atoms with E-state index < -0.39 is 0 Å². The van der Waals surface area contributed by atoms with Crippen LogP contribution in [0.15, 0.2) is 24.3 Å². The van der Waals surface area contributed by atoms with Crippen LogP contribution in [0.4, 0.5) is 10.1 Å². The minimum atomic E-state index is -0.173. The van der Waals surface area contributed by atoms with Crippen LogP contribution >= 0.6 is 0 Å². The second-order valence-electron chi connectivity index (χ2n) is 5.54. The van der Waals surface area contributed by atoms with Crippen molar-refractivity contribution < 1.29 is 4.39 Å². The van der Waals surface area contributed by atoms with Gasteiger partial charge in [0.2, 0.25) is 0 Å². The fourth-order valence-electron chi connectivity index (χ4n) is 2.56. The quantitative estimate of drug-likeness (QED) is 0.849. The summed E-state index contributed by atoms with van der Waals surface area (Å²) < 4.78 is 12.9. The van der Waals surface area contributed by atoms with Gasteiger partial charge >= 0.3 is 0 Å². The molecule has 17 heavy (non-hydrogen) atoms. The van der Waals surface area contributed by atoms with Crippen LogP contribution in [-0.2, 0) is 0 Å². The summed E-state index contributed by atoms with van der Waals surface area (Å²) in [6.45, 7) is 5.51. The van der Waals surface area contributed by atoms with E-state index in [1.165, 1.54) is 12.1 Å². The second kappa shape index (κ2) is 4.65. The highest BCUT2D eigenvalue weighted by molar-refractivity contribution is 5.46. The van der Waals surface area contributed by atoms with E-state index in [1.54, 1.807) is 0 Å². The number of piperidine rings is 1. The summed E-state index contributed by atoms with van der Waals surface area (Å²) in [5.74, 6) is -0.173. The summed E-state index contributed by atoms with van der Waals surface area (Å²) in [4.78, 5) is 2.27. The molecule has 1 fully saturated rings. The van der Waals surface area contributed by atoms with E-state index in [-0.39, 0.29) is 11.4 Å². The monoisotopic (exact) mass is 236 g/mol. The van der Waals surface area contributed by atoms with Crippen LogP contribution in [0, 0.1) is 5.82 Å². The number of rotatable bonds is 2. The molecule has 1 heterocycles. The van der Waals surface area contributed by atoms with E-state index in [0.717, 1.165) is 25.1 Å². The average Bonchev–Trinajstić information content (AvgIpc) is 2.28. The Balaban J connectivity index is 2.09. The van der Waals surface area contributed by atoms with E-state index in [0.29, 0.717) is 6.04 Å². The molecule has 1 N–H and O–H groups in total. The zero-order valence-electron chi connectivity index (χ0n) is 10.8. The lowest BCUT2D eigenvalue weighted by Crippen LogP contribution is -2.52. The van der Waals surface area contributed by atoms with Gasteiger partial charge in [0, 0.05) is 24.3 Å². The highest BCUT2D eigenvalue weighted by atomic mass is 19.1. The summed E-state index contributed by atoms with van der Waals surface area (Å²) in [6.07, 6.45) is 2.25. The fourth-order valence-corrected chi connectivity index (χ4v) is 2.56. The van der Waals surface area contributed by atoms with E-state index in [1.807, 2.05) is 12.1 Å². The first-order chi connectivity index (χ1) is 7.98. The van der Waals surface area contributed by atoms with Gasteiger partial charge in [-0.1, -0.05) is 0 Å². The molecular weight excluding hydrogens is 215 g/mol. The van der Waals surface area contributed by atoms with E-state index >= 15 is 0 Å². The van der Waals surface area contributed by atoms with Gasteiger partial charge in [0.05, 0.1) is 0 Å². The van der Waals surface area contributed by atoms with E-state index in [9.17, 15) is 4.39 Å². The normalized spacial score (nSPS) is 23.4. The fraction of sp³-hybridized carbons (Fsp3) is 0.571. The highest BCUT2D eigenvalue weighted by Gasteiger charge is 2.29. The number of nitrogens with one attached hydrogen (secondary N) is 1. The van der Waals surface area contributed by atoms with Gasteiger partial charge in [0.15, 0.2) is 0 Å². The number of hydrogen-bond donors (Lipinski definition) is 1. The van der Waals surface area contributed by atoms with Gasteiger partial charge in [0.1, 0.15) is 5.82 Å². The third-order valence-electron chi connectivity index (χ3n) is 3.61. The van der Waals surface area contributed by atoms with Crippen LogP contribution in [0.25, 0.3) is 0 Å². The second-order valence-corrected chi connectivity index (χ2v) is 5.54. The SMILES string of the molecule is CN(c1ccc(F)cc1)C1CCNC(C)(C)C1. The molecule has 2 rings (SSSR count). The Hall–Kier alpha value is -1.09. The molecule has 1 aromatic rings. The third kappa shape index (κ3) is 2.97. The summed E-state index contributed by atoms with van der Waals surface area (Å²) in [6, 6.07) is 7.28. The maximum atomic E-state index is 12.9. The standard InChI is InChI=1S/C14H21FN2/c1-14(2)10-13(8-9-16-14)17(3)12-6-4-11(15)5-7-12/h4-7,13,16H,8-10H2,1-3H3. The number of nitrogens with zero attached hydrogens (tertiary/aromatic N) is 1. The summed E-state index contributed by atoms with van der Waals surface area (Å²) in [5, 5.41) is 3.52. The van der Waals surface area contributed by atoms with Gasteiger partial charge in [0.25, 0.3) is 0 Å². The largest absolute Gasteiger partial charge is 0.371 e. The predicted octanol–water partition coefficient (Wildman–Crippen LogP) is 2.79. The Morgan fingerprint density at radius 2 is 1.94 bits per heavy atom. The minimum absolute atomic E-state index is 0.173. The molecule has 1 unspecified atom stereocenters. The Labute approximate surface area is 103 Å². The molecule has 0 bridgehead atoms. The molecule has 0 amide bonds. The molecule has 1 aliphatic rings. The maximum absolute atomic E-state index is 12.9. The Bertz CT molecular complexity index is 372. The molecule has 0 spiro atoms. The van der Waals surface area contributed by atoms with Crippen LogP contribution in [0.2, 0.25) is 0 Å². The minimum Gasteiger partial charge on any atom is -0.371 e. The Kier molecular flexibility index (Phi) is 3.38. The van der Waals surface area contributed by atoms with Crippen molar-refractivity contribution in [1.29, 1.82) is 0 Å². The molecule has 0 aliphatic carbocycles. The average molecular weight is 236 g/mol. The van der Waals surface area contributed by atoms with Crippen molar-refractivity contribution in [2.24, 2.45) is 0 Å². The zero-order chi connectivity index (χ0) is 12.5. The Morgan fingerprint density at radius 3 is 2.53 bits per heavy atom. The van der Waals surface area contributed by atoms with Gasteiger partial charge in [-0.25, -0.2) is 4.39 Å². The lowest BCUT2D eigenvalue weighted by atomic mass is 9.88. The van der Waals surface area contributed by atoms with Gasteiger partial charge in [-0.3, -0.25) is 0 Å². The molecule has 1 saturated heterocycles. The van der Waals surface area contributed by atoms with Crippen LogP contribution in [0.5, 0.6) is 0 Å². The van der Waals surface area contributed by atoms with Gasteiger partial charge in [-0.05, 0) is 57.5 Å². The van der Waals surface area contributed by atoms with Crippen LogP contribution in [-0.4, -0.2) is 25.2 Å². The highest BCUT2D eigenvalue weighted by Crippen LogP contribution is 2.26. The lowest BCUT2D eigenvalue weighted by molar-refractivity contribution is 0.271. The van der Waals surface area contributed by atoms with Crippen molar-refractivity contribution in [3.63, 3.8) is 0 Å². The lowest BCUT2D eigenvalue weighted by Gasteiger charge is -2.41. The van der Waals surface area contributed by atoms with E-state index in [2.05, 4.69) is 31.1 Å². The van der Waals surface area contributed by atoms with Gasteiger partial charge < -0.3 is 10.2 Å². The number of anilines is 1. The molecule has 1 atom stereocenters. The molecule has 3 heteroatoms. The molecule has 94 valence electrons. The number of halogens is 1. The molecule has 0 radical (unpaired) electrons. The summed E-state index contributed by atoms with van der Waals surface area (Å²) in [5.41, 5.74) is 1.28. The van der Waals surface area contributed by atoms with Crippen molar-refractivity contribution in [2.45, 2.75) is 38.3 Å². The van der Waals surface area contributed by atoms with Gasteiger partial charge in [-0.15, -0.1) is 0 Å². The van der Waals surface area contributed by atoms with Gasteiger partial charge in [-0.2, -0.15) is 0 Å². The Morgan fingerprint density at radius 1 is 1.29 bits per heavy atom. The molecule has 2 nitrogen and oxygen atoms in total. The number of hydrogen-bond acceptors (Lipinski definition) is 2. The maximum Gasteiger partial charge on any atom is 0.123 e. The van der Waals surface area contributed by atoms with Crippen molar-refractivity contribution in [2.75, 3.05) is 18.5 Å². The topological polar surface area (TPSA) is 15.3 Å². The van der Waals surface area contributed by atoms with Crippen molar-refractivity contribution >= 4 is 5.69 Å².